The number of fused-ring (bicyclic) bond motifs is 1. The maximum absolute atomic E-state index is 6.18. The van der Waals surface area contributed by atoms with Gasteiger partial charge in [-0.05, 0) is 37.6 Å². The average Bonchev–Trinajstić information content (AvgIpc) is 2.46. The molecule has 1 heterocycles. The molecule has 0 radical (unpaired) electrons. The van der Waals surface area contributed by atoms with Crippen LogP contribution in [0.4, 0.5) is 0 Å². The largest absolute Gasteiger partial charge is 0.497 e. The van der Waals surface area contributed by atoms with Gasteiger partial charge in [0, 0.05) is 17.2 Å². The third kappa shape index (κ3) is 2.18. The molecule has 2 nitrogen and oxygen atoms in total. The van der Waals surface area contributed by atoms with Gasteiger partial charge in [-0.2, -0.15) is 0 Å². The summed E-state index contributed by atoms with van der Waals surface area (Å²) in [5.41, 5.74) is 3.11. The second kappa shape index (κ2) is 4.71. The van der Waals surface area contributed by atoms with Gasteiger partial charge in [-0.3, -0.25) is 0 Å². The minimum Gasteiger partial charge on any atom is -0.497 e. The van der Waals surface area contributed by atoms with Gasteiger partial charge >= 0.3 is 0 Å². The van der Waals surface area contributed by atoms with Crippen molar-refractivity contribution in [2.45, 2.75) is 19.4 Å². The second-order valence-electron chi connectivity index (χ2n) is 5.44. The van der Waals surface area contributed by atoms with Gasteiger partial charge < -0.3 is 9.47 Å². The lowest BCUT2D eigenvalue weighted by atomic mass is 9.87. The predicted molar refractivity (Wildman–Crippen MR) is 82.0 cm³/mol. The van der Waals surface area contributed by atoms with E-state index < -0.39 is 0 Å². The molecule has 20 heavy (non-hydrogen) atoms. The topological polar surface area (TPSA) is 18.5 Å². The zero-order valence-electron chi connectivity index (χ0n) is 12.0. The van der Waals surface area contributed by atoms with E-state index in [0.29, 0.717) is 0 Å². The summed E-state index contributed by atoms with van der Waals surface area (Å²) in [4.78, 5) is 0. The van der Waals surface area contributed by atoms with Gasteiger partial charge in [-0.1, -0.05) is 30.3 Å². The number of hydrogen-bond acceptors (Lipinski definition) is 2. The molecule has 0 bridgehead atoms. The number of ether oxygens (including phenoxy) is 2. The molecule has 0 fully saturated rings. The van der Waals surface area contributed by atoms with Gasteiger partial charge in [0.25, 0.3) is 0 Å². The Morgan fingerprint density at radius 3 is 2.45 bits per heavy atom. The minimum atomic E-state index is -0.360. The van der Waals surface area contributed by atoms with Crippen LogP contribution in [0.3, 0.4) is 0 Å². The van der Waals surface area contributed by atoms with Crippen LogP contribution in [0, 0.1) is 0 Å². The first kappa shape index (κ1) is 12.8. The summed E-state index contributed by atoms with van der Waals surface area (Å²) in [5, 5.41) is 0. The molecule has 0 aliphatic carbocycles. The zero-order valence-corrected chi connectivity index (χ0v) is 12.0. The lowest BCUT2D eigenvalue weighted by Crippen LogP contribution is -2.32. The van der Waals surface area contributed by atoms with Crippen LogP contribution in [0.2, 0.25) is 0 Å². The van der Waals surface area contributed by atoms with E-state index >= 15 is 0 Å². The van der Waals surface area contributed by atoms with Crippen molar-refractivity contribution in [1.82, 2.24) is 0 Å². The molecule has 2 aromatic carbocycles. The molecule has 0 N–H and O–H groups in total. The van der Waals surface area contributed by atoms with Crippen LogP contribution in [-0.4, -0.2) is 12.7 Å². The van der Waals surface area contributed by atoms with E-state index in [4.69, 9.17) is 9.47 Å². The number of methoxy groups -OCH3 is 1. The molecule has 1 aliphatic heterocycles. The van der Waals surface area contributed by atoms with Gasteiger partial charge in [-0.15, -0.1) is 0 Å². The van der Waals surface area contributed by atoms with E-state index in [1.165, 1.54) is 11.1 Å². The Hall–Kier alpha value is -2.22. The molecule has 102 valence electrons. The van der Waals surface area contributed by atoms with Crippen molar-refractivity contribution in [1.29, 1.82) is 0 Å². The highest BCUT2D eigenvalue weighted by atomic mass is 16.5. The molecule has 0 spiro atoms. The molecule has 2 heteroatoms. The molecule has 0 atom stereocenters. The lowest BCUT2D eigenvalue weighted by molar-refractivity contribution is 0.169. The van der Waals surface area contributed by atoms with Crippen molar-refractivity contribution in [3.05, 3.63) is 59.7 Å². The Bertz CT molecular complexity index is 654. The third-order valence-electron chi connectivity index (χ3n) is 3.62. The third-order valence-corrected chi connectivity index (χ3v) is 3.62. The molecule has 0 amide bonds. The highest BCUT2D eigenvalue weighted by Crippen LogP contribution is 2.41. The fourth-order valence-corrected chi connectivity index (χ4v) is 2.56. The van der Waals surface area contributed by atoms with Crippen LogP contribution < -0.4 is 9.47 Å². The Balaban J connectivity index is 2.12. The molecular weight excluding hydrogens is 248 g/mol. The first-order chi connectivity index (χ1) is 9.60. The van der Waals surface area contributed by atoms with E-state index in [1.807, 2.05) is 24.3 Å². The lowest BCUT2D eigenvalue weighted by Gasteiger charge is -2.34. The van der Waals surface area contributed by atoms with Crippen molar-refractivity contribution in [3.63, 3.8) is 0 Å². The fourth-order valence-electron chi connectivity index (χ4n) is 2.56. The van der Waals surface area contributed by atoms with E-state index in [2.05, 4.69) is 44.2 Å². The van der Waals surface area contributed by atoms with E-state index in [1.54, 1.807) is 7.11 Å². The Morgan fingerprint density at radius 1 is 1.00 bits per heavy atom. The van der Waals surface area contributed by atoms with Crippen molar-refractivity contribution >= 4 is 11.6 Å². The Morgan fingerprint density at radius 2 is 1.75 bits per heavy atom. The minimum absolute atomic E-state index is 0.360. The highest BCUT2D eigenvalue weighted by molar-refractivity contribution is 5.89. The number of benzene rings is 2. The van der Waals surface area contributed by atoms with Crippen LogP contribution in [0.1, 0.15) is 25.0 Å². The van der Waals surface area contributed by atoms with Crippen LogP contribution >= 0.6 is 0 Å². The summed E-state index contributed by atoms with van der Waals surface area (Å²) in [6.45, 7) is 4.18. The van der Waals surface area contributed by atoms with E-state index in [0.717, 1.165) is 17.1 Å². The van der Waals surface area contributed by atoms with Crippen LogP contribution in [0.25, 0.3) is 11.6 Å². The Kier molecular flexibility index (Phi) is 3.01. The quantitative estimate of drug-likeness (QED) is 0.801. The zero-order chi connectivity index (χ0) is 14.2. The molecule has 0 unspecified atom stereocenters. The average molecular weight is 266 g/mol. The molecular formula is C18H18O2. The monoisotopic (exact) mass is 266 g/mol. The van der Waals surface area contributed by atoms with Crippen LogP contribution in [-0.2, 0) is 0 Å². The fraction of sp³-hybridized carbons (Fsp3) is 0.222. The summed E-state index contributed by atoms with van der Waals surface area (Å²) in [6, 6.07) is 16.3. The van der Waals surface area contributed by atoms with E-state index in [9.17, 15) is 0 Å². The van der Waals surface area contributed by atoms with E-state index in [-0.39, 0.29) is 5.60 Å². The van der Waals surface area contributed by atoms with Crippen molar-refractivity contribution in [3.8, 4) is 11.5 Å². The molecule has 3 rings (SSSR count). The van der Waals surface area contributed by atoms with Gasteiger partial charge in [0.1, 0.15) is 17.1 Å². The van der Waals surface area contributed by atoms with Gasteiger partial charge in [0.05, 0.1) is 7.11 Å². The van der Waals surface area contributed by atoms with Crippen molar-refractivity contribution < 1.29 is 9.47 Å². The number of rotatable bonds is 2. The van der Waals surface area contributed by atoms with Crippen molar-refractivity contribution in [2.75, 3.05) is 7.11 Å². The van der Waals surface area contributed by atoms with Gasteiger partial charge in [0.15, 0.2) is 0 Å². The summed E-state index contributed by atoms with van der Waals surface area (Å²) in [7, 11) is 1.67. The molecule has 0 saturated heterocycles. The smallest absolute Gasteiger partial charge is 0.131 e. The second-order valence-corrected chi connectivity index (χ2v) is 5.44. The van der Waals surface area contributed by atoms with Crippen LogP contribution in [0.5, 0.6) is 11.5 Å². The van der Waals surface area contributed by atoms with Crippen molar-refractivity contribution in [2.24, 2.45) is 0 Å². The maximum Gasteiger partial charge on any atom is 0.131 e. The summed E-state index contributed by atoms with van der Waals surface area (Å²) in [5.74, 6) is 1.69. The molecule has 0 saturated carbocycles. The molecule has 2 aromatic rings. The molecule has 0 aromatic heterocycles. The van der Waals surface area contributed by atoms with Gasteiger partial charge in [0.2, 0.25) is 0 Å². The maximum atomic E-state index is 6.18. The summed E-state index contributed by atoms with van der Waals surface area (Å²) >= 11 is 0. The normalized spacial score (nSPS) is 15.8. The number of hydrogen-bond donors (Lipinski definition) is 0. The standard InChI is InChI=1S/C18H18O2/c1-18(2)16(13-7-5-4-6-8-13)11-14-9-10-15(19-3)12-17(14)20-18/h4-12H,1-3H3. The SMILES string of the molecule is COc1ccc2c(c1)OC(C)(C)C(c1ccccc1)=C2. The summed E-state index contributed by atoms with van der Waals surface area (Å²) in [6.07, 6.45) is 2.20. The Labute approximate surface area is 119 Å². The highest BCUT2D eigenvalue weighted by Gasteiger charge is 2.31. The van der Waals surface area contributed by atoms with Crippen LogP contribution in [0.15, 0.2) is 48.5 Å². The molecule has 1 aliphatic rings. The van der Waals surface area contributed by atoms with Gasteiger partial charge in [-0.25, -0.2) is 0 Å². The summed E-state index contributed by atoms with van der Waals surface area (Å²) < 4.78 is 11.4. The first-order valence-electron chi connectivity index (χ1n) is 6.75. The predicted octanol–water partition coefficient (Wildman–Crippen LogP) is 4.41. The first-order valence-corrected chi connectivity index (χ1v) is 6.75.